The van der Waals surface area contributed by atoms with Gasteiger partial charge in [-0.25, -0.2) is 0 Å². The highest BCUT2D eigenvalue weighted by atomic mass is 16.5. The molecule has 0 unspecified atom stereocenters. The largest absolute Gasteiger partial charge is 0.493 e. The Hall–Kier alpha value is -3.02. The zero-order valence-corrected chi connectivity index (χ0v) is 16.2. The molecular weight excluding hydrogens is 356 g/mol. The fourth-order valence-electron chi connectivity index (χ4n) is 4.08. The quantitative estimate of drug-likeness (QED) is 0.837. The van der Waals surface area contributed by atoms with Gasteiger partial charge in [0.05, 0.1) is 20.3 Å². The van der Waals surface area contributed by atoms with E-state index in [1.54, 1.807) is 19.1 Å². The van der Waals surface area contributed by atoms with Crippen molar-refractivity contribution in [2.75, 3.05) is 20.8 Å². The molecule has 4 rings (SSSR count). The van der Waals surface area contributed by atoms with Crippen molar-refractivity contribution in [3.05, 3.63) is 58.7 Å². The molecule has 1 atom stereocenters. The highest BCUT2D eigenvalue weighted by Gasteiger charge is 2.29. The van der Waals surface area contributed by atoms with Gasteiger partial charge in [-0.05, 0) is 47.7 Å². The van der Waals surface area contributed by atoms with Crippen molar-refractivity contribution in [2.24, 2.45) is 0 Å². The topological polar surface area (TPSA) is 67.9 Å². The van der Waals surface area contributed by atoms with Crippen molar-refractivity contribution >= 4 is 11.8 Å². The molecule has 2 amide bonds. The number of ether oxygens (including phenoxy) is 2. The van der Waals surface area contributed by atoms with Gasteiger partial charge >= 0.3 is 0 Å². The number of rotatable bonds is 6. The lowest BCUT2D eigenvalue weighted by atomic mass is 10.1. The van der Waals surface area contributed by atoms with E-state index in [1.807, 2.05) is 36.4 Å². The van der Waals surface area contributed by atoms with Crippen molar-refractivity contribution in [3.63, 3.8) is 0 Å². The van der Waals surface area contributed by atoms with Gasteiger partial charge in [-0.1, -0.05) is 18.2 Å². The molecule has 0 bridgehead atoms. The highest BCUT2D eigenvalue weighted by Crippen LogP contribution is 2.39. The average Bonchev–Trinajstić information content (AvgIpc) is 3.26. The Balaban J connectivity index is 1.37. The van der Waals surface area contributed by atoms with Crippen molar-refractivity contribution in [3.8, 4) is 11.5 Å². The zero-order valence-electron chi connectivity index (χ0n) is 16.2. The van der Waals surface area contributed by atoms with E-state index in [-0.39, 0.29) is 17.9 Å². The van der Waals surface area contributed by atoms with Crippen LogP contribution in [-0.4, -0.2) is 37.5 Å². The third-order valence-corrected chi connectivity index (χ3v) is 5.56. The molecule has 2 aromatic carbocycles. The van der Waals surface area contributed by atoms with Gasteiger partial charge in [0.25, 0.3) is 5.91 Å². The van der Waals surface area contributed by atoms with E-state index in [4.69, 9.17) is 9.47 Å². The van der Waals surface area contributed by atoms with Crippen LogP contribution in [-0.2, 0) is 17.8 Å². The van der Waals surface area contributed by atoms with Crippen LogP contribution >= 0.6 is 0 Å². The summed E-state index contributed by atoms with van der Waals surface area (Å²) in [4.78, 5) is 26.7. The van der Waals surface area contributed by atoms with Crippen molar-refractivity contribution < 1.29 is 19.1 Å². The molecule has 0 saturated heterocycles. The number of hydrogen-bond acceptors (Lipinski definition) is 4. The van der Waals surface area contributed by atoms with Gasteiger partial charge < -0.3 is 19.7 Å². The molecule has 0 spiro atoms. The zero-order chi connectivity index (χ0) is 19.7. The van der Waals surface area contributed by atoms with Crippen molar-refractivity contribution in [1.29, 1.82) is 0 Å². The summed E-state index contributed by atoms with van der Waals surface area (Å²) in [5.74, 6) is 1.34. The van der Waals surface area contributed by atoms with Gasteiger partial charge in [0, 0.05) is 25.1 Å². The summed E-state index contributed by atoms with van der Waals surface area (Å²) < 4.78 is 10.8. The minimum atomic E-state index is -0.0450. The van der Waals surface area contributed by atoms with E-state index < -0.39 is 0 Å². The van der Waals surface area contributed by atoms with E-state index >= 15 is 0 Å². The molecule has 1 heterocycles. The molecule has 1 N–H and O–H groups in total. The first kappa shape index (κ1) is 18.3. The fourth-order valence-corrected chi connectivity index (χ4v) is 4.08. The Morgan fingerprint density at radius 3 is 2.64 bits per heavy atom. The number of amides is 2. The highest BCUT2D eigenvalue weighted by molar-refractivity contribution is 5.98. The number of fused-ring (bicyclic) bond motifs is 2. The summed E-state index contributed by atoms with van der Waals surface area (Å²) in [5, 5.41) is 3.11. The van der Waals surface area contributed by atoms with Gasteiger partial charge in [-0.15, -0.1) is 0 Å². The molecule has 6 heteroatoms. The second-order valence-corrected chi connectivity index (χ2v) is 7.20. The lowest BCUT2D eigenvalue weighted by Crippen LogP contribution is -2.32. The first-order valence-electron chi connectivity index (χ1n) is 9.52. The Labute approximate surface area is 164 Å². The molecule has 2 aliphatic rings. The summed E-state index contributed by atoms with van der Waals surface area (Å²) in [6, 6.07) is 11.5. The summed E-state index contributed by atoms with van der Waals surface area (Å²) >= 11 is 0. The summed E-state index contributed by atoms with van der Waals surface area (Å²) in [6.07, 6.45) is 2.03. The van der Waals surface area contributed by atoms with Gasteiger partial charge in [0.15, 0.2) is 11.5 Å². The summed E-state index contributed by atoms with van der Waals surface area (Å²) in [7, 11) is 3.23. The van der Waals surface area contributed by atoms with Crippen LogP contribution in [0.15, 0.2) is 36.4 Å². The summed E-state index contributed by atoms with van der Waals surface area (Å²) in [5.41, 5.74) is 4.02. The van der Waals surface area contributed by atoms with Crippen LogP contribution in [0.4, 0.5) is 0 Å². The predicted octanol–water partition coefficient (Wildman–Crippen LogP) is 2.85. The van der Waals surface area contributed by atoms with Crippen LogP contribution in [0.2, 0.25) is 0 Å². The molecule has 1 aliphatic carbocycles. The van der Waals surface area contributed by atoms with E-state index in [0.717, 1.165) is 29.5 Å². The molecule has 0 saturated carbocycles. The van der Waals surface area contributed by atoms with Crippen LogP contribution in [0.5, 0.6) is 11.5 Å². The molecule has 1 aliphatic heterocycles. The number of carbonyl (C=O) groups is 2. The average molecular weight is 380 g/mol. The van der Waals surface area contributed by atoms with Crippen molar-refractivity contribution in [2.45, 2.75) is 31.8 Å². The molecule has 6 nitrogen and oxygen atoms in total. The molecule has 2 aromatic rings. The lowest BCUT2D eigenvalue weighted by Gasteiger charge is -2.18. The number of nitrogens with one attached hydrogen (secondary N) is 1. The lowest BCUT2D eigenvalue weighted by molar-refractivity contribution is -0.122. The number of nitrogens with zero attached hydrogens (tertiary/aromatic N) is 1. The molecule has 28 heavy (non-hydrogen) atoms. The number of hydrogen-bond donors (Lipinski definition) is 1. The van der Waals surface area contributed by atoms with Gasteiger partial charge in [0.2, 0.25) is 5.91 Å². The molecule has 0 aromatic heterocycles. The smallest absolute Gasteiger partial charge is 0.254 e. The van der Waals surface area contributed by atoms with E-state index in [0.29, 0.717) is 31.0 Å². The number of benzene rings is 2. The maximum absolute atomic E-state index is 12.5. The van der Waals surface area contributed by atoms with E-state index in [9.17, 15) is 9.59 Å². The normalized spacial score (nSPS) is 17.3. The Morgan fingerprint density at radius 2 is 1.89 bits per heavy atom. The second-order valence-electron chi connectivity index (χ2n) is 7.20. The van der Waals surface area contributed by atoms with Crippen LogP contribution in [0, 0.1) is 0 Å². The summed E-state index contributed by atoms with van der Waals surface area (Å²) in [6.45, 7) is 0.996. The monoisotopic (exact) mass is 380 g/mol. The fraction of sp³-hybridized carbons (Fsp3) is 0.364. The third kappa shape index (κ3) is 3.30. The first-order chi connectivity index (χ1) is 13.6. The van der Waals surface area contributed by atoms with Crippen LogP contribution in [0.25, 0.3) is 0 Å². The second kappa shape index (κ2) is 7.54. The molecule has 146 valence electrons. The van der Waals surface area contributed by atoms with Crippen LogP contribution < -0.4 is 14.8 Å². The number of carbonyl (C=O) groups excluding carboxylic acids is 2. The van der Waals surface area contributed by atoms with E-state index in [2.05, 4.69) is 5.32 Å². The van der Waals surface area contributed by atoms with Gasteiger partial charge in [-0.3, -0.25) is 9.59 Å². The molecular formula is C22H24N2O4. The van der Waals surface area contributed by atoms with Gasteiger partial charge in [0.1, 0.15) is 0 Å². The first-order valence-corrected chi connectivity index (χ1v) is 9.52. The molecule has 0 radical (unpaired) electrons. The Bertz CT molecular complexity index is 925. The van der Waals surface area contributed by atoms with Gasteiger partial charge in [-0.2, -0.15) is 0 Å². The minimum absolute atomic E-state index is 0.00597. The SMILES string of the molecule is COc1cc2c(cc1OC)[C@@H](NC(=O)CCN1Cc3ccccc3C1=O)CC2. The Kier molecular flexibility index (Phi) is 4.94. The van der Waals surface area contributed by atoms with Crippen LogP contribution in [0.1, 0.15) is 45.9 Å². The maximum atomic E-state index is 12.5. The minimum Gasteiger partial charge on any atom is -0.493 e. The Morgan fingerprint density at radius 1 is 1.14 bits per heavy atom. The van der Waals surface area contributed by atoms with Crippen molar-refractivity contribution in [1.82, 2.24) is 10.2 Å². The third-order valence-electron chi connectivity index (χ3n) is 5.56. The van der Waals surface area contributed by atoms with Crippen LogP contribution in [0.3, 0.4) is 0 Å². The van der Waals surface area contributed by atoms with E-state index in [1.165, 1.54) is 5.56 Å². The standard InChI is InChI=1S/C22H24N2O4/c1-27-19-11-14-7-8-18(17(14)12-20(19)28-2)23-21(25)9-10-24-13-15-5-3-4-6-16(15)22(24)26/h3-6,11-12,18H,7-10,13H2,1-2H3,(H,23,25)/t18-/m0/s1. The molecule has 0 fully saturated rings. The predicted molar refractivity (Wildman–Crippen MR) is 105 cm³/mol. The maximum Gasteiger partial charge on any atom is 0.254 e. The number of methoxy groups -OCH3 is 2. The number of aryl methyl sites for hydroxylation is 1.